The smallest absolute Gasteiger partial charge is 0.463 e. The second-order valence-corrected chi connectivity index (χ2v) is 35.9. The lowest BCUT2D eigenvalue weighted by Crippen LogP contribution is -2.70. The Bertz CT molecular complexity index is 2520. The molecular formula is C92H171O25P. The van der Waals surface area contributed by atoms with Crippen LogP contribution < -0.4 is 0 Å². The lowest BCUT2D eigenvalue weighted by atomic mass is 9.84. The fourth-order valence-corrected chi connectivity index (χ4v) is 16.9. The van der Waals surface area contributed by atoms with E-state index < -0.39 is 162 Å². The van der Waals surface area contributed by atoms with Crippen molar-refractivity contribution in [2.75, 3.05) is 26.4 Å². The molecule has 2 heterocycles. The number of hydrogen-bond donors (Lipinski definition) is 10. The van der Waals surface area contributed by atoms with E-state index in [4.69, 9.17) is 46.9 Å². The Hall–Kier alpha value is -2.79. The summed E-state index contributed by atoms with van der Waals surface area (Å²) in [6, 6.07) is 0. The van der Waals surface area contributed by atoms with Crippen molar-refractivity contribution in [3.8, 4) is 0 Å². The lowest BCUT2D eigenvalue weighted by Gasteiger charge is -2.50. The van der Waals surface area contributed by atoms with Gasteiger partial charge in [-0.1, -0.05) is 349 Å². The van der Waals surface area contributed by atoms with Gasteiger partial charge in [-0.3, -0.25) is 28.2 Å². The number of aliphatic hydroxyl groups is 9. The van der Waals surface area contributed by atoms with Crippen LogP contribution in [0.5, 0.6) is 0 Å². The highest BCUT2D eigenvalue weighted by Gasteiger charge is 2.60. The SMILES string of the molecule is CCCCCC/C=C\CCCCCCCCCC(=O)OC(COC(=O)CCCCCCCCCCCCCCC)COP(=O)(O)OC1C(OC2OC(CO)C(O)C(O)C2O)C(O)C(O)C(OC(=O)CCCCCCCCCCCCCCCCC)C1OC1OC(COC(=O)CCCCCCCCC(C)CCCCCCCC)C(O)C(O)C1O. The summed E-state index contributed by atoms with van der Waals surface area (Å²) in [5.41, 5.74) is 0. The Balaban J connectivity index is 1.92. The van der Waals surface area contributed by atoms with Gasteiger partial charge in [0.15, 0.2) is 24.8 Å². The van der Waals surface area contributed by atoms with Crippen LogP contribution in [0, 0.1) is 5.92 Å². The van der Waals surface area contributed by atoms with Crippen molar-refractivity contribution in [1.82, 2.24) is 0 Å². The van der Waals surface area contributed by atoms with E-state index in [2.05, 4.69) is 46.8 Å². The van der Waals surface area contributed by atoms with E-state index in [9.17, 15) is 74.6 Å². The van der Waals surface area contributed by atoms with Gasteiger partial charge in [-0.25, -0.2) is 4.57 Å². The van der Waals surface area contributed by atoms with Gasteiger partial charge in [-0.2, -0.15) is 0 Å². The number of hydrogen-bond acceptors (Lipinski definition) is 24. The molecule has 118 heavy (non-hydrogen) atoms. The maximum Gasteiger partial charge on any atom is 0.472 e. The van der Waals surface area contributed by atoms with Crippen molar-refractivity contribution >= 4 is 31.7 Å². The molecule has 1 saturated carbocycles. The molecule has 0 aromatic heterocycles. The zero-order valence-corrected chi connectivity index (χ0v) is 75.0. The molecule has 0 amide bonds. The first-order chi connectivity index (χ1) is 57.1. The number of aliphatic hydroxyl groups excluding tert-OH is 9. The van der Waals surface area contributed by atoms with Crippen molar-refractivity contribution in [2.45, 2.75) is 518 Å². The molecular weight excluding hydrogens is 1540 g/mol. The summed E-state index contributed by atoms with van der Waals surface area (Å²) in [6.07, 6.45) is 27.7. The van der Waals surface area contributed by atoms with E-state index in [-0.39, 0.29) is 25.7 Å². The van der Waals surface area contributed by atoms with Gasteiger partial charge in [-0.05, 0) is 57.3 Å². The zero-order chi connectivity index (χ0) is 86.2. The summed E-state index contributed by atoms with van der Waals surface area (Å²) in [5.74, 6) is -2.27. The summed E-state index contributed by atoms with van der Waals surface area (Å²) >= 11 is 0. The predicted molar refractivity (Wildman–Crippen MR) is 458 cm³/mol. The number of rotatable bonds is 77. The van der Waals surface area contributed by atoms with Gasteiger partial charge in [0, 0.05) is 25.7 Å². The summed E-state index contributed by atoms with van der Waals surface area (Å²) < 4.78 is 73.5. The third kappa shape index (κ3) is 50.4. The molecule has 2 aliphatic heterocycles. The highest BCUT2D eigenvalue weighted by molar-refractivity contribution is 7.47. The number of carbonyl (C=O) groups excluding carboxylic acids is 4. The van der Waals surface area contributed by atoms with Gasteiger partial charge >= 0.3 is 31.7 Å². The highest BCUT2D eigenvalue weighted by atomic mass is 31.2. The van der Waals surface area contributed by atoms with Crippen LogP contribution in [0.2, 0.25) is 0 Å². The minimum absolute atomic E-state index is 0.0161. The van der Waals surface area contributed by atoms with E-state index >= 15 is 0 Å². The van der Waals surface area contributed by atoms with E-state index in [0.29, 0.717) is 44.4 Å². The molecule has 0 spiro atoms. The molecule has 0 bridgehead atoms. The minimum Gasteiger partial charge on any atom is -0.463 e. The molecule has 25 nitrogen and oxygen atoms in total. The van der Waals surface area contributed by atoms with Gasteiger partial charge < -0.3 is 88.7 Å². The first-order valence-electron chi connectivity index (χ1n) is 47.8. The molecule has 1 aliphatic carbocycles. The highest BCUT2D eigenvalue weighted by Crippen LogP contribution is 2.49. The predicted octanol–water partition coefficient (Wildman–Crippen LogP) is 17.8. The summed E-state index contributed by atoms with van der Waals surface area (Å²) in [4.78, 5) is 66.5. The van der Waals surface area contributed by atoms with Crippen LogP contribution in [0.3, 0.4) is 0 Å². The van der Waals surface area contributed by atoms with E-state index in [1.807, 2.05) is 0 Å². The first-order valence-corrected chi connectivity index (χ1v) is 49.3. The van der Waals surface area contributed by atoms with Crippen molar-refractivity contribution in [3.05, 3.63) is 12.2 Å². The van der Waals surface area contributed by atoms with Crippen molar-refractivity contribution < 1.29 is 122 Å². The number of phosphoric acid groups is 1. The molecule has 0 aromatic rings. The van der Waals surface area contributed by atoms with Crippen molar-refractivity contribution in [3.63, 3.8) is 0 Å². The maximum absolute atomic E-state index is 14.9. The molecule has 694 valence electrons. The van der Waals surface area contributed by atoms with Crippen LogP contribution in [0.25, 0.3) is 0 Å². The monoisotopic (exact) mass is 1710 g/mol. The van der Waals surface area contributed by atoms with E-state index in [1.54, 1.807) is 0 Å². The van der Waals surface area contributed by atoms with Crippen LogP contribution in [0.15, 0.2) is 12.2 Å². The second-order valence-electron chi connectivity index (χ2n) is 34.5. The average Bonchev–Trinajstić information content (AvgIpc) is 0.755. The quantitative estimate of drug-likeness (QED) is 0.00889. The molecule has 3 aliphatic rings. The van der Waals surface area contributed by atoms with E-state index in [1.165, 1.54) is 173 Å². The Morgan fingerprint density at radius 1 is 0.356 bits per heavy atom. The van der Waals surface area contributed by atoms with Crippen LogP contribution in [-0.4, -0.2) is 205 Å². The molecule has 0 aromatic carbocycles. The fourth-order valence-electron chi connectivity index (χ4n) is 16.0. The van der Waals surface area contributed by atoms with Gasteiger partial charge in [-0.15, -0.1) is 0 Å². The molecule has 10 N–H and O–H groups in total. The molecule has 26 heteroatoms. The summed E-state index contributed by atoms with van der Waals surface area (Å²) in [7, 11) is -5.81. The Morgan fingerprint density at radius 3 is 1.10 bits per heavy atom. The van der Waals surface area contributed by atoms with Gasteiger partial charge in [0.05, 0.1) is 13.2 Å². The summed E-state index contributed by atoms with van der Waals surface area (Å²) in [5, 5.41) is 102. The molecule has 3 fully saturated rings. The van der Waals surface area contributed by atoms with Crippen LogP contribution in [0.1, 0.15) is 413 Å². The Kier molecular flexibility index (Phi) is 65.2. The number of allylic oxidation sites excluding steroid dienone is 2. The second kappa shape index (κ2) is 70.4. The minimum atomic E-state index is -5.81. The fraction of sp³-hybridized carbons (Fsp3) is 0.935. The van der Waals surface area contributed by atoms with Crippen LogP contribution in [-0.2, 0) is 70.7 Å². The number of phosphoric ester groups is 1. The number of carbonyl (C=O) groups is 4. The Morgan fingerprint density at radius 2 is 0.686 bits per heavy atom. The third-order valence-electron chi connectivity index (χ3n) is 23.7. The largest absolute Gasteiger partial charge is 0.472 e. The topological polar surface area (TPSA) is 380 Å². The molecule has 19 atom stereocenters. The zero-order valence-electron chi connectivity index (χ0n) is 74.1. The number of ether oxygens (including phenoxy) is 8. The normalized spacial score (nSPS) is 25.2. The van der Waals surface area contributed by atoms with Gasteiger partial charge in [0.1, 0.15) is 92.6 Å². The maximum atomic E-state index is 14.9. The van der Waals surface area contributed by atoms with Crippen LogP contribution in [0.4, 0.5) is 0 Å². The van der Waals surface area contributed by atoms with Gasteiger partial charge in [0.25, 0.3) is 0 Å². The molecule has 3 rings (SSSR count). The lowest BCUT2D eigenvalue weighted by molar-refractivity contribution is -0.360. The number of esters is 4. The van der Waals surface area contributed by atoms with Crippen molar-refractivity contribution in [1.29, 1.82) is 0 Å². The summed E-state index contributed by atoms with van der Waals surface area (Å²) in [6.45, 7) is 7.93. The first kappa shape index (κ1) is 109. The van der Waals surface area contributed by atoms with Crippen molar-refractivity contribution in [2.24, 2.45) is 5.92 Å². The molecule has 19 unspecified atom stereocenters. The van der Waals surface area contributed by atoms with Crippen LogP contribution >= 0.6 is 7.82 Å². The number of unbranched alkanes of at least 4 members (excludes halogenated alkanes) is 47. The standard InChI is InChI=1S/C92H171O25P/c1-6-10-14-18-22-25-28-31-33-36-39-42-45-53-59-65-77(96)111-72(68-108-75(94)63-57-51-44-41-38-35-30-27-24-20-16-12-8-3)69-110-118(106,107)117-90-88(115-91-85(104)81(100)79(98)73(67-93)112-91)84(103)83(102)87(114-78(97)66-60-54-46-43-40-37-34-32-29-26-23-19-15-11-7-2)89(90)116-92-86(105)82(101)80(99)74(113-92)70-109-76(95)64-58-52-48-47-50-56-62-71(5)61-55-49-21-17-13-9-4/h25,28,71-74,79-93,98-105H,6-24,26-27,29-70H2,1-5H3,(H,106,107)/b28-25-. The molecule has 2 saturated heterocycles. The average molecular weight is 1710 g/mol. The van der Waals surface area contributed by atoms with E-state index in [0.717, 1.165) is 141 Å². The third-order valence-corrected chi connectivity index (χ3v) is 24.7. The van der Waals surface area contributed by atoms with Gasteiger partial charge in [0.2, 0.25) is 0 Å². The Labute approximate surface area is 712 Å². The molecule has 0 radical (unpaired) electrons.